The molecule has 0 heterocycles. The molecule has 1 unspecified atom stereocenters. The molecule has 7 heteroatoms. The third-order valence-corrected chi connectivity index (χ3v) is 5.25. The van der Waals surface area contributed by atoms with Crippen LogP contribution < -0.4 is 20.7 Å². The highest BCUT2D eigenvalue weighted by Crippen LogP contribution is 2.31. The maximum Gasteiger partial charge on any atom is 0.257 e. The van der Waals surface area contributed by atoms with Gasteiger partial charge in [0.2, 0.25) is 5.91 Å². The zero-order valence-electron chi connectivity index (χ0n) is 17.5. The fraction of sp³-hybridized carbons (Fsp3) is 0.348. The van der Waals surface area contributed by atoms with Crippen molar-refractivity contribution in [1.29, 1.82) is 0 Å². The first-order valence-corrected chi connectivity index (χ1v) is 10.6. The monoisotopic (exact) mass is 425 g/mol. The Morgan fingerprint density at radius 1 is 1.10 bits per heavy atom. The third kappa shape index (κ3) is 5.79. The SMILES string of the molecule is CCC(C)Oc1ccc(C(=O)NC(=S)Nc2cccc(NC(=O)C3CC3)c2C)cc1. The first-order valence-electron chi connectivity index (χ1n) is 10.2. The molecular weight excluding hydrogens is 398 g/mol. The summed E-state index contributed by atoms with van der Waals surface area (Å²) in [5, 5.41) is 8.87. The largest absolute Gasteiger partial charge is 0.491 e. The molecule has 1 aliphatic carbocycles. The van der Waals surface area contributed by atoms with Crippen LogP contribution >= 0.6 is 12.2 Å². The van der Waals surface area contributed by atoms with Crippen molar-refractivity contribution in [2.45, 2.75) is 46.1 Å². The number of amides is 2. The van der Waals surface area contributed by atoms with Gasteiger partial charge in [0.25, 0.3) is 5.91 Å². The van der Waals surface area contributed by atoms with Gasteiger partial charge in [0, 0.05) is 22.9 Å². The molecule has 158 valence electrons. The predicted octanol–water partition coefficient (Wildman–Crippen LogP) is 4.65. The summed E-state index contributed by atoms with van der Waals surface area (Å²) in [6.45, 7) is 5.95. The smallest absolute Gasteiger partial charge is 0.257 e. The molecule has 0 aliphatic heterocycles. The van der Waals surface area contributed by atoms with Crippen molar-refractivity contribution in [2.24, 2.45) is 5.92 Å². The molecule has 30 heavy (non-hydrogen) atoms. The zero-order chi connectivity index (χ0) is 21.7. The second kappa shape index (κ2) is 9.71. The van der Waals surface area contributed by atoms with Gasteiger partial charge in [0.05, 0.1) is 6.10 Å². The van der Waals surface area contributed by atoms with E-state index in [9.17, 15) is 9.59 Å². The van der Waals surface area contributed by atoms with Gasteiger partial charge in [-0.15, -0.1) is 0 Å². The molecule has 6 nitrogen and oxygen atoms in total. The first kappa shape index (κ1) is 21.8. The minimum absolute atomic E-state index is 0.0480. The van der Waals surface area contributed by atoms with Crippen molar-refractivity contribution in [2.75, 3.05) is 10.6 Å². The van der Waals surface area contributed by atoms with Gasteiger partial charge in [-0.25, -0.2) is 0 Å². The van der Waals surface area contributed by atoms with Crippen molar-refractivity contribution in [1.82, 2.24) is 5.32 Å². The van der Waals surface area contributed by atoms with Crippen LogP contribution in [0.25, 0.3) is 0 Å². The van der Waals surface area contributed by atoms with Crippen molar-refractivity contribution in [3.05, 3.63) is 53.6 Å². The fourth-order valence-electron chi connectivity index (χ4n) is 2.82. The lowest BCUT2D eigenvalue weighted by molar-refractivity contribution is -0.117. The lowest BCUT2D eigenvalue weighted by Gasteiger charge is -2.15. The molecule has 2 amide bonds. The van der Waals surface area contributed by atoms with Crippen molar-refractivity contribution >= 4 is 40.5 Å². The molecule has 0 aromatic heterocycles. The van der Waals surface area contributed by atoms with E-state index in [1.54, 1.807) is 24.3 Å². The number of thiocarbonyl (C=S) groups is 1. The molecule has 1 aliphatic rings. The van der Waals surface area contributed by atoms with Gasteiger partial charge in [-0.2, -0.15) is 0 Å². The maximum absolute atomic E-state index is 12.5. The van der Waals surface area contributed by atoms with Crippen LogP contribution in [-0.2, 0) is 4.79 Å². The van der Waals surface area contributed by atoms with E-state index in [4.69, 9.17) is 17.0 Å². The topological polar surface area (TPSA) is 79.5 Å². The molecule has 0 radical (unpaired) electrons. The van der Waals surface area contributed by atoms with Crippen LogP contribution in [0.5, 0.6) is 5.75 Å². The van der Waals surface area contributed by atoms with E-state index in [0.717, 1.165) is 42.0 Å². The average molecular weight is 426 g/mol. The van der Waals surface area contributed by atoms with Crippen LogP contribution in [0.3, 0.4) is 0 Å². The molecule has 1 saturated carbocycles. The van der Waals surface area contributed by atoms with E-state index in [1.807, 2.05) is 32.0 Å². The van der Waals surface area contributed by atoms with Gasteiger partial charge in [-0.1, -0.05) is 13.0 Å². The highest BCUT2D eigenvalue weighted by molar-refractivity contribution is 7.80. The van der Waals surface area contributed by atoms with Gasteiger partial charge in [-0.3, -0.25) is 14.9 Å². The lowest BCUT2D eigenvalue weighted by atomic mass is 10.1. The number of ether oxygens (including phenoxy) is 1. The molecule has 2 aromatic rings. The summed E-state index contributed by atoms with van der Waals surface area (Å²) >= 11 is 5.30. The van der Waals surface area contributed by atoms with E-state index in [-0.39, 0.29) is 28.9 Å². The van der Waals surface area contributed by atoms with Crippen LogP contribution in [0.4, 0.5) is 11.4 Å². The normalized spacial score (nSPS) is 13.8. The van der Waals surface area contributed by atoms with Crippen LogP contribution in [0, 0.1) is 12.8 Å². The highest BCUT2D eigenvalue weighted by Gasteiger charge is 2.29. The highest BCUT2D eigenvalue weighted by atomic mass is 32.1. The number of benzene rings is 2. The van der Waals surface area contributed by atoms with Gasteiger partial charge < -0.3 is 15.4 Å². The summed E-state index contributed by atoms with van der Waals surface area (Å²) < 4.78 is 5.73. The number of anilines is 2. The molecule has 0 spiro atoms. The average Bonchev–Trinajstić information content (AvgIpc) is 3.56. The summed E-state index contributed by atoms with van der Waals surface area (Å²) in [6.07, 6.45) is 2.93. The Labute approximate surface area is 182 Å². The molecule has 1 atom stereocenters. The van der Waals surface area contributed by atoms with Crippen LogP contribution in [0.2, 0.25) is 0 Å². The standard InChI is InChI=1S/C23H27N3O3S/c1-4-14(2)29-18-12-10-17(11-13-18)22(28)26-23(30)25-20-7-5-6-19(15(20)3)24-21(27)16-8-9-16/h5-7,10-14,16H,4,8-9H2,1-3H3,(H,24,27)(H2,25,26,28,30). The van der Waals surface area contributed by atoms with Crippen LogP contribution in [0.1, 0.15) is 49.0 Å². The molecule has 0 bridgehead atoms. The summed E-state index contributed by atoms with van der Waals surface area (Å²) in [6, 6.07) is 12.5. The van der Waals surface area contributed by atoms with Crippen molar-refractivity contribution in [3.63, 3.8) is 0 Å². The second-order valence-electron chi connectivity index (χ2n) is 7.51. The van der Waals surface area contributed by atoms with Crippen LogP contribution in [-0.4, -0.2) is 23.0 Å². The Kier molecular flexibility index (Phi) is 7.05. The Bertz CT molecular complexity index is 939. The molecular formula is C23H27N3O3S. The van der Waals surface area contributed by atoms with Crippen molar-refractivity contribution < 1.29 is 14.3 Å². The van der Waals surface area contributed by atoms with Gasteiger partial charge >= 0.3 is 0 Å². The van der Waals surface area contributed by atoms with Gasteiger partial charge in [0.15, 0.2) is 5.11 Å². The molecule has 0 saturated heterocycles. The molecule has 3 N–H and O–H groups in total. The molecule has 3 rings (SSSR count). The van der Waals surface area contributed by atoms with Crippen LogP contribution in [0.15, 0.2) is 42.5 Å². The van der Waals surface area contributed by atoms with E-state index in [0.29, 0.717) is 5.56 Å². The van der Waals surface area contributed by atoms with E-state index < -0.39 is 0 Å². The third-order valence-electron chi connectivity index (χ3n) is 5.04. The molecule has 2 aromatic carbocycles. The summed E-state index contributed by atoms with van der Waals surface area (Å²) in [5.41, 5.74) is 2.81. The first-order chi connectivity index (χ1) is 14.4. The Balaban J connectivity index is 1.58. The van der Waals surface area contributed by atoms with E-state index >= 15 is 0 Å². The minimum Gasteiger partial charge on any atom is -0.491 e. The quantitative estimate of drug-likeness (QED) is 0.563. The minimum atomic E-state index is -0.307. The Morgan fingerprint density at radius 2 is 1.73 bits per heavy atom. The maximum atomic E-state index is 12.5. The predicted molar refractivity (Wildman–Crippen MR) is 123 cm³/mol. The number of hydrogen-bond donors (Lipinski definition) is 3. The lowest BCUT2D eigenvalue weighted by Crippen LogP contribution is -2.34. The number of nitrogens with one attached hydrogen (secondary N) is 3. The van der Waals surface area contributed by atoms with Gasteiger partial charge in [0.1, 0.15) is 5.75 Å². The van der Waals surface area contributed by atoms with Crippen molar-refractivity contribution in [3.8, 4) is 5.75 Å². The molecule has 1 fully saturated rings. The summed E-state index contributed by atoms with van der Waals surface area (Å²) in [5.74, 6) is 0.593. The zero-order valence-corrected chi connectivity index (χ0v) is 18.3. The number of rotatable bonds is 7. The number of hydrogen-bond acceptors (Lipinski definition) is 4. The Morgan fingerprint density at radius 3 is 2.33 bits per heavy atom. The van der Waals surface area contributed by atoms with E-state index in [1.165, 1.54) is 0 Å². The van der Waals surface area contributed by atoms with E-state index in [2.05, 4.69) is 22.9 Å². The number of carbonyl (C=O) groups excluding carboxylic acids is 2. The summed E-state index contributed by atoms with van der Waals surface area (Å²) in [7, 11) is 0. The second-order valence-corrected chi connectivity index (χ2v) is 7.92. The van der Waals surface area contributed by atoms with Gasteiger partial charge in [-0.05, 0) is 87.3 Å². The fourth-order valence-corrected chi connectivity index (χ4v) is 3.02. The Hall–Kier alpha value is -2.93. The summed E-state index contributed by atoms with van der Waals surface area (Å²) in [4.78, 5) is 24.5. The number of carbonyl (C=O) groups is 2.